The first-order valence-electron chi connectivity index (χ1n) is 4.39. The third kappa shape index (κ3) is 1.97. The lowest BCUT2D eigenvalue weighted by Gasteiger charge is -2.00. The normalized spacial score (nSPS) is 16.8. The van der Waals surface area contributed by atoms with Crippen LogP contribution in [0.15, 0.2) is 6.33 Å². The number of aromatic nitrogens is 3. The molecule has 1 aromatic rings. The van der Waals surface area contributed by atoms with E-state index in [9.17, 15) is 0 Å². The van der Waals surface area contributed by atoms with Gasteiger partial charge in [0.15, 0.2) is 0 Å². The molecule has 1 saturated carbocycles. The fraction of sp³-hybridized carbons (Fsp3) is 0.750. The van der Waals surface area contributed by atoms with Gasteiger partial charge in [0.2, 0.25) is 5.28 Å². The molecule has 4 heteroatoms. The van der Waals surface area contributed by atoms with Crippen molar-refractivity contribution in [2.75, 3.05) is 0 Å². The molecule has 1 aliphatic carbocycles. The number of halogens is 1. The first-order valence-corrected chi connectivity index (χ1v) is 4.77. The summed E-state index contributed by atoms with van der Waals surface area (Å²) < 4.78 is 1.89. The topological polar surface area (TPSA) is 30.7 Å². The quantitative estimate of drug-likeness (QED) is 0.720. The number of hydrogen-bond donors (Lipinski definition) is 0. The van der Waals surface area contributed by atoms with Gasteiger partial charge in [-0.25, -0.2) is 0 Å². The van der Waals surface area contributed by atoms with E-state index < -0.39 is 0 Å². The molecule has 66 valence electrons. The fourth-order valence-corrected chi connectivity index (χ4v) is 1.52. The van der Waals surface area contributed by atoms with Gasteiger partial charge >= 0.3 is 0 Å². The highest BCUT2D eigenvalue weighted by Gasteiger charge is 2.20. The summed E-state index contributed by atoms with van der Waals surface area (Å²) >= 11 is 5.76. The molecule has 0 amide bonds. The highest BCUT2D eigenvalue weighted by Crippen LogP contribution is 2.33. The Morgan fingerprint density at radius 3 is 3.00 bits per heavy atom. The second-order valence-electron chi connectivity index (χ2n) is 3.38. The fourth-order valence-electron chi connectivity index (χ4n) is 1.35. The molecular formula is C8H12ClN3. The van der Waals surface area contributed by atoms with Crippen LogP contribution >= 0.6 is 11.6 Å². The average molecular weight is 186 g/mol. The lowest BCUT2D eigenvalue weighted by molar-refractivity contribution is 0.576. The molecular weight excluding hydrogens is 174 g/mol. The molecule has 0 atom stereocenters. The molecule has 0 saturated heterocycles. The number of aryl methyl sites for hydroxylation is 1. The van der Waals surface area contributed by atoms with E-state index in [1.54, 1.807) is 6.33 Å². The molecule has 0 N–H and O–H groups in total. The van der Waals surface area contributed by atoms with Crippen molar-refractivity contribution in [2.24, 2.45) is 5.92 Å². The van der Waals surface area contributed by atoms with Gasteiger partial charge in [-0.1, -0.05) is 12.8 Å². The van der Waals surface area contributed by atoms with Crippen molar-refractivity contribution in [1.82, 2.24) is 14.8 Å². The summed E-state index contributed by atoms with van der Waals surface area (Å²) in [4.78, 5) is 0. The van der Waals surface area contributed by atoms with Gasteiger partial charge in [0, 0.05) is 6.54 Å². The summed E-state index contributed by atoms with van der Waals surface area (Å²) in [5, 5.41) is 7.93. The predicted octanol–water partition coefficient (Wildman–Crippen LogP) is 2.12. The molecule has 3 nitrogen and oxygen atoms in total. The van der Waals surface area contributed by atoms with Crippen LogP contribution in [-0.2, 0) is 6.54 Å². The van der Waals surface area contributed by atoms with Gasteiger partial charge in [-0.15, -0.1) is 10.2 Å². The number of rotatable bonds is 4. The Morgan fingerprint density at radius 2 is 2.42 bits per heavy atom. The summed E-state index contributed by atoms with van der Waals surface area (Å²) in [5.74, 6) is 1.00. The minimum Gasteiger partial charge on any atom is -0.304 e. The largest absolute Gasteiger partial charge is 0.304 e. The van der Waals surface area contributed by atoms with E-state index in [-0.39, 0.29) is 0 Å². The Labute approximate surface area is 76.7 Å². The van der Waals surface area contributed by atoms with E-state index in [1.165, 1.54) is 25.7 Å². The number of nitrogens with zero attached hydrogens (tertiary/aromatic N) is 3. The molecule has 0 unspecified atom stereocenters. The van der Waals surface area contributed by atoms with Gasteiger partial charge in [-0.05, 0) is 30.4 Å². The van der Waals surface area contributed by atoms with E-state index in [0.29, 0.717) is 5.28 Å². The minimum absolute atomic E-state index is 0.505. The monoisotopic (exact) mass is 185 g/mol. The van der Waals surface area contributed by atoms with Crippen LogP contribution < -0.4 is 0 Å². The molecule has 1 heterocycles. The molecule has 0 spiro atoms. The van der Waals surface area contributed by atoms with Gasteiger partial charge in [-0.3, -0.25) is 0 Å². The highest BCUT2D eigenvalue weighted by atomic mass is 35.5. The maximum absolute atomic E-state index is 5.76. The molecule has 0 aliphatic heterocycles. The van der Waals surface area contributed by atoms with Crippen molar-refractivity contribution < 1.29 is 0 Å². The molecule has 0 aromatic carbocycles. The Balaban J connectivity index is 1.75. The van der Waals surface area contributed by atoms with Crippen LogP contribution in [0.4, 0.5) is 0 Å². The van der Waals surface area contributed by atoms with Gasteiger partial charge in [0.1, 0.15) is 6.33 Å². The molecule has 1 aromatic heterocycles. The minimum atomic E-state index is 0.505. The van der Waals surface area contributed by atoms with E-state index in [0.717, 1.165) is 12.5 Å². The predicted molar refractivity (Wildman–Crippen MR) is 47.0 cm³/mol. The Kier molecular flexibility index (Phi) is 2.30. The van der Waals surface area contributed by atoms with Crippen LogP contribution in [0.2, 0.25) is 5.28 Å². The molecule has 1 aliphatic rings. The Hall–Kier alpha value is -0.570. The Bertz CT molecular complexity index is 255. The van der Waals surface area contributed by atoms with Gasteiger partial charge in [0.05, 0.1) is 0 Å². The zero-order chi connectivity index (χ0) is 8.39. The third-order valence-corrected chi connectivity index (χ3v) is 2.57. The van der Waals surface area contributed by atoms with Crippen molar-refractivity contribution in [1.29, 1.82) is 0 Å². The van der Waals surface area contributed by atoms with Crippen LogP contribution in [-0.4, -0.2) is 14.8 Å². The molecule has 12 heavy (non-hydrogen) atoms. The number of hydrogen-bond acceptors (Lipinski definition) is 2. The molecule has 0 bridgehead atoms. The first kappa shape index (κ1) is 8.05. The van der Waals surface area contributed by atoms with Crippen molar-refractivity contribution in [3.63, 3.8) is 0 Å². The van der Waals surface area contributed by atoms with Crippen molar-refractivity contribution in [3.05, 3.63) is 11.6 Å². The molecule has 2 rings (SSSR count). The van der Waals surface area contributed by atoms with Crippen molar-refractivity contribution in [2.45, 2.75) is 32.2 Å². The van der Waals surface area contributed by atoms with E-state index in [4.69, 9.17) is 11.6 Å². The average Bonchev–Trinajstić information content (AvgIpc) is 2.78. The van der Waals surface area contributed by atoms with Gasteiger partial charge in [0.25, 0.3) is 0 Å². The SMILES string of the molecule is Clc1nncn1CCCC1CC1. The second kappa shape index (κ2) is 3.44. The van der Waals surface area contributed by atoms with Gasteiger partial charge < -0.3 is 4.57 Å². The first-order chi connectivity index (χ1) is 5.86. The second-order valence-corrected chi connectivity index (χ2v) is 3.72. The summed E-state index contributed by atoms with van der Waals surface area (Å²) in [5.41, 5.74) is 0. The van der Waals surface area contributed by atoms with Crippen LogP contribution in [0, 0.1) is 5.92 Å². The van der Waals surface area contributed by atoms with Crippen LogP contribution in [0.1, 0.15) is 25.7 Å². The van der Waals surface area contributed by atoms with E-state index in [1.807, 2.05) is 4.57 Å². The lowest BCUT2D eigenvalue weighted by Crippen LogP contribution is -1.96. The summed E-state index contributed by atoms with van der Waals surface area (Å²) in [6.45, 7) is 0.961. The van der Waals surface area contributed by atoms with Crippen LogP contribution in [0.5, 0.6) is 0 Å². The van der Waals surface area contributed by atoms with Crippen LogP contribution in [0.25, 0.3) is 0 Å². The summed E-state index contributed by atoms with van der Waals surface area (Å²) in [6.07, 6.45) is 7.07. The maximum Gasteiger partial charge on any atom is 0.224 e. The van der Waals surface area contributed by atoms with Crippen molar-refractivity contribution in [3.8, 4) is 0 Å². The van der Waals surface area contributed by atoms with E-state index in [2.05, 4.69) is 10.2 Å². The summed E-state index contributed by atoms with van der Waals surface area (Å²) in [6, 6.07) is 0. The highest BCUT2D eigenvalue weighted by molar-refractivity contribution is 6.28. The summed E-state index contributed by atoms with van der Waals surface area (Å²) in [7, 11) is 0. The zero-order valence-electron chi connectivity index (χ0n) is 6.91. The molecule has 1 fully saturated rings. The standard InChI is InChI=1S/C8H12ClN3/c9-8-11-10-6-12(8)5-1-2-7-3-4-7/h6-7H,1-5H2. The van der Waals surface area contributed by atoms with Crippen LogP contribution in [0.3, 0.4) is 0 Å². The molecule has 0 radical (unpaired) electrons. The van der Waals surface area contributed by atoms with Crippen molar-refractivity contribution >= 4 is 11.6 Å². The maximum atomic E-state index is 5.76. The zero-order valence-corrected chi connectivity index (χ0v) is 7.67. The third-order valence-electron chi connectivity index (χ3n) is 2.28. The van der Waals surface area contributed by atoms with E-state index >= 15 is 0 Å². The Morgan fingerprint density at radius 1 is 1.58 bits per heavy atom. The smallest absolute Gasteiger partial charge is 0.224 e. The van der Waals surface area contributed by atoms with Gasteiger partial charge in [-0.2, -0.15) is 0 Å². The lowest BCUT2D eigenvalue weighted by atomic mass is 10.2.